The third kappa shape index (κ3) is 4.59. The van der Waals surface area contributed by atoms with Gasteiger partial charge in [-0.15, -0.1) is 0 Å². The molecule has 4 rings (SSSR count). The molecule has 0 saturated carbocycles. The van der Waals surface area contributed by atoms with E-state index in [9.17, 15) is 9.18 Å². The summed E-state index contributed by atoms with van der Waals surface area (Å²) in [6.07, 6.45) is 0. The lowest BCUT2D eigenvalue weighted by molar-refractivity contribution is 0.0391. The Bertz CT molecular complexity index is 1020. The van der Waals surface area contributed by atoms with E-state index in [4.69, 9.17) is 21.3 Å². The van der Waals surface area contributed by atoms with E-state index in [0.29, 0.717) is 42.0 Å². The van der Waals surface area contributed by atoms with Gasteiger partial charge in [0.25, 0.3) is 5.91 Å². The van der Waals surface area contributed by atoms with Gasteiger partial charge in [0.2, 0.25) is 0 Å². The van der Waals surface area contributed by atoms with Crippen LogP contribution in [0.15, 0.2) is 36.4 Å². The zero-order chi connectivity index (χ0) is 20.4. The number of anilines is 1. The first-order valence-corrected chi connectivity index (χ1v) is 10.6. The van der Waals surface area contributed by atoms with Crippen LogP contribution in [0.4, 0.5) is 9.52 Å². The predicted molar refractivity (Wildman–Crippen MR) is 115 cm³/mol. The molecular weight excluding hydrogens is 413 g/mol. The second-order valence-corrected chi connectivity index (χ2v) is 8.43. The van der Waals surface area contributed by atoms with Gasteiger partial charge in [0, 0.05) is 36.8 Å². The fourth-order valence-electron chi connectivity index (χ4n) is 3.36. The summed E-state index contributed by atoms with van der Waals surface area (Å²) in [5.41, 5.74) is 2.25. The van der Waals surface area contributed by atoms with Crippen LogP contribution < -0.4 is 4.90 Å². The number of aryl methyl sites for hydroxylation is 1. The number of nitrogens with zero attached hydrogens (tertiary/aromatic N) is 3. The zero-order valence-electron chi connectivity index (χ0n) is 16.0. The lowest BCUT2D eigenvalue weighted by Gasteiger charge is -2.29. The molecule has 8 heteroatoms. The van der Waals surface area contributed by atoms with Crippen LogP contribution in [0, 0.1) is 12.7 Å². The van der Waals surface area contributed by atoms with Crippen LogP contribution in [-0.2, 0) is 4.74 Å². The van der Waals surface area contributed by atoms with Crippen molar-refractivity contribution in [3.63, 3.8) is 0 Å². The first-order chi connectivity index (χ1) is 14.0. The van der Waals surface area contributed by atoms with Gasteiger partial charge >= 0.3 is 0 Å². The van der Waals surface area contributed by atoms with E-state index in [1.807, 2.05) is 19.1 Å². The Morgan fingerprint density at radius 3 is 2.72 bits per heavy atom. The molecule has 2 heterocycles. The number of amides is 1. The van der Waals surface area contributed by atoms with E-state index in [1.54, 1.807) is 4.90 Å². The van der Waals surface area contributed by atoms with Gasteiger partial charge < -0.3 is 4.74 Å². The van der Waals surface area contributed by atoms with Crippen LogP contribution in [0.3, 0.4) is 0 Å². The highest BCUT2D eigenvalue weighted by Crippen LogP contribution is 2.33. The Labute approximate surface area is 177 Å². The molecule has 2 aromatic carbocycles. The molecule has 0 radical (unpaired) electrons. The third-order valence-electron chi connectivity index (χ3n) is 4.95. The van der Waals surface area contributed by atoms with E-state index in [0.717, 1.165) is 28.9 Å². The van der Waals surface area contributed by atoms with Gasteiger partial charge in [-0.3, -0.25) is 14.6 Å². The molecule has 0 N–H and O–H groups in total. The number of benzene rings is 2. The Hall–Kier alpha value is -2.06. The standard InChI is InChI=1S/C21H21ClFN3O2S/c1-14-12-16(22)13-18-19(14)24-21(29-18)26(7-6-25-8-10-28-11-9-25)20(27)15-2-4-17(23)5-3-15/h2-5,12-13H,6-11H2,1H3. The highest BCUT2D eigenvalue weighted by molar-refractivity contribution is 7.22. The maximum Gasteiger partial charge on any atom is 0.260 e. The third-order valence-corrected chi connectivity index (χ3v) is 6.19. The summed E-state index contributed by atoms with van der Waals surface area (Å²) in [4.78, 5) is 21.9. The fraction of sp³-hybridized carbons (Fsp3) is 0.333. The van der Waals surface area contributed by atoms with Crippen molar-refractivity contribution < 1.29 is 13.9 Å². The van der Waals surface area contributed by atoms with E-state index in [1.165, 1.54) is 35.6 Å². The number of morpholine rings is 1. The molecule has 1 fully saturated rings. The molecule has 1 aliphatic rings. The molecule has 1 amide bonds. The first kappa shape index (κ1) is 20.2. The minimum Gasteiger partial charge on any atom is -0.379 e. The van der Waals surface area contributed by atoms with Crippen molar-refractivity contribution in [3.05, 3.63) is 58.4 Å². The summed E-state index contributed by atoms with van der Waals surface area (Å²) in [6, 6.07) is 9.36. The molecular formula is C21H21ClFN3O2S. The minimum absolute atomic E-state index is 0.193. The largest absolute Gasteiger partial charge is 0.379 e. The van der Waals surface area contributed by atoms with Gasteiger partial charge in [-0.1, -0.05) is 22.9 Å². The van der Waals surface area contributed by atoms with Crippen molar-refractivity contribution in [3.8, 4) is 0 Å². The van der Waals surface area contributed by atoms with Crippen LogP contribution in [-0.4, -0.2) is 55.2 Å². The van der Waals surface area contributed by atoms with Crippen LogP contribution in [0.1, 0.15) is 15.9 Å². The van der Waals surface area contributed by atoms with Gasteiger partial charge in [-0.25, -0.2) is 9.37 Å². The number of aromatic nitrogens is 1. The molecule has 0 bridgehead atoms. The number of thiazole rings is 1. The van der Waals surface area contributed by atoms with Gasteiger partial charge in [0.1, 0.15) is 5.82 Å². The summed E-state index contributed by atoms with van der Waals surface area (Å²) < 4.78 is 19.7. The van der Waals surface area contributed by atoms with Crippen molar-refractivity contribution in [1.29, 1.82) is 0 Å². The highest BCUT2D eigenvalue weighted by Gasteiger charge is 2.23. The van der Waals surface area contributed by atoms with Crippen LogP contribution >= 0.6 is 22.9 Å². The summed E-state index contributed by atoms with van der Waals surface area (Å²) in [6.45, 7) is 6.24. The monoisotopic (exact) mass is 433 g/mol. The second-order valence-electron chi connectivity index (χ2n) is 6.98. The van der Waals surface area contributed by atoms with Crippen LogP contribution in [0.25, 0.3) is 10.2 Å². The number of halogens is 2. The van der Waals surface area contributed by atoms with Crippen LogP contribution in [0.2, 0.25) is 5.02 Å². The molecule has 1 aromatic heterocycles. The van der Waals surface area contributed by atoms with Gasteiger partial charge in [-0.05, 0) is 48.9 Å². The minimum atomic E-state index is -0.369. The van der Waals surface area contributed by atoms with Crippen molar-refractivity contribution in [1.82, 2.24) is 9.88 Å². The molecule has 0 aliphatic carbocycles. The molecule has 1 saturated heterocycles. The van der Waals surface area contributed by atoms with Gasteiger partial charge in [0.15, 0.2) is 5.13 Å². The summed E-state index contributed by atoms with van der Waals surface area (Å²) in [7, 11) is 0. The Morgan fingerprint density at radius 2 is 2.00 bits per heavy atom. The SMILES string of the molecule is Cc1cc(Cl)cc2sc(N(CCN3CCOCC3)C(=O)c3ccc(F)cc3)nc12. The van der Waals surface area contributed by atoms with Crippen molar-refractivity contribution >= 4 is 44.2 Å². The molecule has 3 aromatic rings. The fourth-order valence-corrected chi connectivity index (χ4v) is 4.80. The Morgan fingerprint density at radius 1 is 1.28 bits per heavy atom. The number of hydrogen-bond acceptors (Lipinski definition) is 5. The quantitative estimate of drug-likeness (QED) is 0.599. The molecule has 29 heavy (non-hydrogen) atoms. The molecule has 0 spiro atoms. The maximum atomic E-state index is 13.3. The summed E-state index contributed by atoms with van der Waals surface area (Å²) >= 11 is 7.63. The predicted octanol–water partition coefficient (Wildman–Crippen LogP) is 4.38. The second kappa shape index (κ2) is 8.75. The smallest absolute Gasteiger partial charge is 0.260 e. The lowest BCUT2D eigenvalue weighted by Crippen LogP contribution is -2.43. The van der Waals surface area contributed by atoms with Crippen LogP contribution in [0.5, 0.6) is 0 Å². The average Bonchev–Trinajstić information content (AvgIpc) is 3.13. The molecule has 0 atom stereocenters. The summed E-state index contributed by atoms with van der Waals surface area (Å²) in [5.74, 6) is -0.562. The number of rotatable bonds is 5. The normalized spacial score (nSPS) is 15.0. The molecule has 1 aliphatic heterocycles. The van der Waals surface area contributed by atoms with Crippen molar-refractivity contribution in [2.24, 2.45) is 0 Å². The Kier molecular flexibility index (Phi) is 6.10. The number of hydrogen-bond donors (Lipinski definition) is 0. The van der Waals surface area contributed by atoms with Gasteiger partial charge in [-0.2, -0.15) is 0 Å². The summed E-state index contributed by atoms with van der Waals surface area (Å²) in [5, 5.41) is 1.27. The molecule has 152 valence electrons. The number of carbonyl (C=O) groups is 1. The lowest BCUT2D eigenvalue weighted by atomic mass is 10.2. The number of fused-ring (bicyclic) bond motifs is 1. The van der Waals surface area contributed by atoms with E-state index in [2.05, 4.69) is 4.90 Å². The number of carbonyl (C=O) groups excluding carboxylic acids is 1. The van der Waals surface area contributed by atoms with E-state index in [-0.39, 0.29) is 11.7 Å². The van der Waals surface area contributed by atoms with Crippen molar-refractivity contribution in [2.45, 2.75) is 6.92 Å². The average molecular weight is 434 g/mol. The van der Waals surface area contributed by atoms with Gasteiger partial charge in [0.05, 0.1) is 23.4 Å². The zero-order valence-corrected chi connectivity index (χ0v) is 17.6. The Balaban J connectivity index is 1.66. The van der Waals surface area contributed by atoms with Crippen molar-refractivity contribution in [2.75, 3.05) is 44.3 Å². The molecule has 0 unspecified atom stereocenters. The first-order valence-electron chi connectivity index (χ1n) is 9.45. The topological polar surface area (TPSA) is 45.7 Å². The number of ether oxygens (including phenoxy) is 1. The highest BCUT2D eigenvalue weighted by atomic mass is 35.5. The maximum absolute atomic E-state index is 13.3. The molecule has 5 nitrogen and oxygen atoms in total. The van der Waals surface area contributed by atoms with E-state index < -0.39 is 0 Å². The van der Waals surface area contributed by atoms with E-state index >= 15 is 0 Å².